The molecule has 0 aliphatic carbocycles. The normalized spacial score (nSPS) is 13.5. The Morgan fingerprint density at radius 3 is 1.67 bits per heavy atom. The molecule has 2 heterocycles. The number of fused-ring (bicyclic) bond motifs is 6. The van der Waals surface area contributed by atoms with E-state index in [0.717, 1.165) is 39.9 Å². The Morgan fingerprint density at radius 1 is 0.462 bits per heavy atom. The highest BCUT2D eigenvalue weighted by atomic mass is 16.5. The summed E-state index contributed by atoms with van der Waals surface area (Å²) < 4.78 is 7.20. The molecule has 2 aliphatic heterocycles. The van der Waals surface area contributed by atoms with Crippen molar-refractivity contribution in [2.24, 2.45) is 0 Å². The van der Waals surface area contributed by atoms with Crippen LogP contribution in [0.4, 0.5) is 34.1 Å². The fraction of sp³-hybridized carbons (Fsp3) is 0.0612. The molecule has 8 aromatic rings. The van der Waals surface area contributed by atoms with Crippen LogP contribution in [0.25, 0.3) is 33.0 Å². The van der Waals surface area contributed by atoms with E-state index in [-0.39, 0.29) is 5.41 Å². The van der Waals surface area contributed by atoms with Gasteiger partial charge in [0.05, 0.1) is 22.7 Å². The van der Waals surface area contributed by atoms with Gasteiger partial charge in [-0.3, -0.25) is 0 Å². The van der Waals surface area contributed by atoms with Gasteiger partial charge >= 0.3 is 0 Å². The average molecular weight is 669 g/mol. The molecule has 248 valence electrons. The molecule has 3 nitrogen and oxygen atoms in total. The Bertz CT molecular complexity index is 2530. The number of nitrogens with zero attached hydrogens (tertiary/aromatic N) is 2. The van der Waals surface area contributed by atoms with Crippen LogP contribution in [0.15, 0.2) is 182 Å². The van der Waals surface area contributed by atoms with Crippen molar-refractivity contribution >= 4 is 44.9 Å². The number of rotatable bonds is 5. The summed E-state index contributed by atoms with van der Waals surface area (Å²) in [4.78, 5) is 4.81. The van der Waals surface area contributed by atoms with Crippen molar-refractivity contribution in [2.45, 2.75) is 19.3 Å². The quantitative estimate of drug-likeness (QED) is 0.182. The topological polar surface area (TPSA) is 15.7 Å². The zero-order chi connectivity index (χ0) is 34.8. The summed E-state index contributed by atoms with van der Waals surface area (Å²) in [6.07, 6.45) is 0. The summed E-state index contributed by atoms with van der Waals surface area (Å²) in [6.45, 7) is 4.67. The zero-order valence-electron chi connectivity index (χ0n) is 29.1. The summed E-state index contributed by atoms with van der Waals surface area (Å²) in [6, 6.07) is 65.2. The van der Waals surface area contributed by atoms with E-state index in [9.17, 15) is 0 Å². The van der Waals surface area contributed by atoms with Crippen LogP contribution in [0.5, 0.6) is 11.5 Å². The lowest BCUT2D eigenvalue weighted by Gasteiger charge is -2.46. The number of hydrogen-bond donors (Lipinski definition) is 0. The van der Waals surface area contributed by atoms with Crippen molar-refractivity contribution in [1.29, 1.82) is 0 Å². The maximum atomic E-state index is 7.20. The molecule has 0 bridgehead atoms. The molecule has 2 aliphatic rings. The highest BCUT2D eigenvalue weighted by Crippen LogP contribution is 2.63. The fourth-order valence-corrected chi connectivity index (χ4v) is 8.21. The Labute approximate surface area is 304 Å². The number of para-hydroxylation sites is 1. The van der Waals surface area contributed by atoms with Gasteiger partial charge in [-0.2, -0.15) is 0 Å². The van der Waals surface area contributed by atoms with E-state index in [2.05, 4.69) is 206 Å². The largest absolute Gasteiger partial charge is 0.451 e. The lowest BCUT2D eigenvalue weighted by Crippen LogP contribution is -2.33. The van der Waals surface area contributed by atoms with Gasteiger partial charge in [0.1, 0.15) is 0 Å². The van der Waals surface area contributed by atoms with Crippen LogP contribution in [0.1, 0.15) is 25.0 Å². The second-order valence-electron chi connectivity index (χ2n) is 14.2. The minimum Gasteiger partial charge on any atom is -0.451 e. The van der Waals surface area contributed by atoms with Crippen molar-refractivity contribution in [3.63, 3.8) is 0 Å². The molecule has 0 unspecified atom stereocenters. The summed E-state index contributed by atoms with van der Waals surface area (Å²) >= 11 is 0. The van der Waals surface area contributed by atoms with Crippen LogP contribution in [-0.2, 0) is 5.41 Å². The minimum atomic E-state index is -0.249. The molecule has 10 rings (SSSR count). The molecule has 0 N–H and O–H groups in total. The second-order valence-corrected chi connectivity index (χ2v) is 14.2. The predicted octanol–water partition coefficient (Wildman–Crippen LogP) is 13.9. The highest BCUT2D eigenvalue weighted by Gasteiger charge is 2.43. The van der Waals surface area contributed by atoms with Crippen molar-refractivity contribution in [1.82, 2.24) is 0 Å². The third kappa shape index (κ3) is 4.66. The number of anilines is 6. The van der Waals surface area contributed by atoms with Gasteiger partial charge in [0.2, 0.25) is 0 Å². The number of benzene rings is 8. The van der Waals surface area contributed by atoms with Crippen LogP contribution >= 0.6 is 0 Å². The highest BCUT2D eigenvalue weighted by molar-refractivity contribution is 6.07. The first-order valence-corrected chi connectivity index (χ1v) is 17.9. The fourth-order valence-electron chi connectivity index (χ4n) is 8.21. The zero-order valence-corrected chi connectivity index (χ0v) is 29.1. The average Bonchev–Trinajstić information content (AvgIpc) is 3.21. The van der Waals surface area contributed by atoms with E-state index in [1.54, 1.807) is 0 Å². The van der Waals surface area contributed by atoms with E-state index in [1.807, 2.05) is 0 Å². The lowest BCUT2D eigenvalue weighted by atomic mass is 9.73. The summed E-state index contributed by atoms with van der Waals surface area (Å²) in [5.74, 6) is 1.69. The third-order valence-electron chi connectivity index (χ3n) is 10.8. The van der Waals surface area contributed by atoms with Gasteiger partial charge in [-0.1, -0.05) is 153 Å². The maximum absolute atomic E-state index is 7.20. The summed E-state index contributed by atoms with van der Waals surface area (Å²) in [7, 11) is 0. The van der Waals surface area contributed by atoms with Gasteiger partial charge < -0.3 is 14.5 Å². The molecule has 3 heteroatoms. The van der Waals surface area contributed by atoms with Crippen molar-refractivity contribution in [3.8, 4) is 33.8 Å². The van der Waals surface area contributed by atoms with E-state index < -0.39 is 0 Å². The molecule has 0 saturated heterocycles. The van der Waals surface area contributed by atoms with Gasteiger partial charge in [-0.25, -0.2) is 0 Å². The molecule has 8 aromatic carbocycles. The van der Waals surface area contributed by atoms with Crippen LogP contribution in [0, 0.1) is 0 Å². The van der Waals surface area contributed by atoms with Crippen LogP contribution in [0.2, 0.25) is 0 Å². The van der Waals surface area contributed by atoms with E-state index in [1.165, 1.54) is 49.8 Å². The first-order chi connectivity index (χ1) is 25.6. The molecular formula is C49H36N2O. The molecule has 0 radical (unpaired) electrons. The van der Waals surface area contributed by atoms with Gasteiger partial charge in [-0.05, 0) is 81.2 Å². The predicted molar refractivity (Wildman–Crippen MR) is 216 cm³/mol. The van der Waals surface area contributed by atoms with E-state index >= 15 is 0 Å². The summed E-state index contributed by atoms with van der Waals surface area (Å²) in [5, 5.41) is 2.35. The van der Waals surface area contributed by atoms with E-state index in [0.29, 0.717) is 0 Å². The van der Waals surface area contributed by atoms with E-state index in [4.69, 9.17) is 4.74 Å². The second kappa shape index (κ2) is 11.8. The monoisotopic (exact) mass is 668 g/mol. The smallest absolute Gasteiger partial charge is 0.175 e. The van der Waals surface area contributed by atoms with Gasteiger partial charge in [0.15, 0.2) is 11.5 Å². The third-order valence-corrected chi connectivity index (χ3v) is 10.8. The molecule has 0 atom stereocenters. The minimum absolute atomic E-state index is 0.249. The van der Waals surface area contributed by atoms with Crippen molar-refractivity contribution in [3.05, 3.63) is 193 Å². The molecule has 52 heavy (non-hydrogen) atoms. The van der Waals surface area contributed by atoms with Gasteiger partial charge in [0, 0.05) is 22.2 Å². The van der Waals surface area contributed by atoms with Crippen LogP contribution < -0.4 is 14.5 Å². The van der Waals surface area contributed by atoms with Crippen LogP contribution in [0.3, 0.4) is 0 Å². The Hall–Kier alpha value is -6.58. The molecular weight excluding hydrogens is 633 g/mol. The molecule has 0 saturated carbocycles. The first-order valence-electron chi connectivity index (χ1n) is 17.9. The maximum Gasteiger partial charge on any atom is 0.175 e. The molecule has 0 spiro atoms. The summed E-state index contributed by atoms with van der Waals surface area (Å²) in [5.41, 5.74) is 13.5. The molecule has 0 fully saturated rings. The lowest BCUT2D eigenvalue weighted by molar-refractivity contribution is 0.473. The van der Waals surface area contributed by atoms with Crippen molar-refractivity contribution in [2.75, 3.05) is 9.80 Å². The molecule has 0 aromatic heterocycles. The number of hydrogen-bond acceptors (Lipinski definition) is 3. The van der Waals surface area contributed by atoms with Crippen molar-refractivity contribution < 1.29 is 4.74 Å². The van der Waals surface area contributed by atoms with Gasteiger partial charge in [0.25, 0.3) is 0 Å². The Morgan fingerprint density at radius 2 is 1.02 bits per heavy atom. The molecule has 0 amide bonds. The SMILES string of the molecule is CC1(C)c2ccccc2N2c3c1ccc(N(c1ccc(-c4ccccc4)cc1)c1ccc(-c4ccccc4)cc1)c3Oc1ccc3ccccc3c12. The Kier molecular flexibility index (Phi) is 6.84. The standard InChI is InChI=1S/C49H36N2O/c1-49(2)41-19-11-12-20-43(41)51-46-40-18-10-9-17-37(40)25-32-45(46)52-48-44(31-30-42(49)47(48)51)50(38-26-21-35(22-27-38)33-13-5-3-6-14-33)39-28-23-36(24-29-39)34-15-7-4-8-16-34/h3-32H,1-2H3. The van der Waals surface area contributed by atoms with Crippen LogP contribution in [-0.4, -0.2) is 0 Å². The number of ether oxygens (including phenoxy) is 1. The first kappa shape index (κ1) is 30.3. The van der Waals surface area contributed by atoms with Gasteiger partial charge in [-0.15, -0.1) is 0 Å². The Balaban J connectivity index is 1.21.